The first-order valence-electron chi connectivity index (χ1n) is 4.90. The van der Waals surface area contributed by atoms with Gasteiger partial charge in [0, 0.05) is 5.54 Å². The van der Waals surface area contributed by atoms with E-state index >= 15 is 0 Å². The highest BCUT2D eigenvalue weighted by atomic mass is 15.1. The van der Waals surface area contributed by atoms with Crippen LogP contribution in [0.1, 0.15) is 38.5 Å². The summed E-state index contributed by atoms with van der Waals surface area (Å²) < 4.78 is 0. The molecule has 11 heavy (non-hydrogen) atoms. The predicted octanol–water partition coefficient (Wildman–Crippen LogP) is 2.27. The first kappa shape index (κ1) is 7.60. The van der Waals surface area contributed by atoms with E-state index < -0.39 is 0 Å². The second kappa shape index (κ2) is 2.48. The summed E-state index contributed by atoms with van der Waals surface area (Å²) in [6.45, 7) is 0. The van der Waals surface area contributed by atoms with E-state index in [0.717, 1.165) is 5.92 Å². The van der Waals surface area contributed by atoms with Crippen molar-refractivity contribution in [2.45, 2.75) is 44.1 Å². The summed E-state index contributed by atoms with van der Waals surface area (Å²) in [7, 11) is 4.52. The Kier molecular flexibility index (Phi) is 1.71. The molecule has 0 aromatic rings. The molecule has 2 unspecified atom stereocenters. The molecule has 1 nitrogen and oxygen atoms in total. The summed E-state index contributed by atoms with van der Waals surface area (Å²) in [5.74, 6) is 1.08. The monoisotopic (exact) mass is 153 g/mol. The molecule has 0 radical (unpaired) electrons. The number of hydrogen-bond acceptors (Lipinski definition) is 1. The standard InChI is InChI=1S/C10H19N/c1-11(2)10-6-3-4-9(8-10)5-7-10/h9H,3-8H2,1-2H3. The summed E-state index contributed by atoms with van der Waals surface area (Å²) in [5, 5.41) is 0. The number of rotatable bonds is 1. The van der Waals surface area contributed by atoms with Crippen molar-refractivity contribution >= 4 is 0 Å². The average Bonchev–Trinajstić information content (AvgIpc) is 2.29. The van der Waals surface area contributed by atoms with Gasteiger partial charge in [0.05, 0.1) is 0 Å². The maximum absolute atomic E-state index is 2.48. The van der Waals surface area contributed by atoms with Gasteiger partial charge in [-0.2, -0.15) is 0 Å². The summed E-state index contributed by atoms with van der Waals surface area (Å²) in [6.07, 6.45) is 8.89. The SMILES string of the molecule is CN(C)C12CCCC(CC1)C2. The number of fused-ring (bicyclic) bond motifs is 2. The Morgan fingerprint density at radius 1 is 1.18 bits per heavy atom. The molecule has 2 aliphatic rings. The molecule has 0 heterocycles. The van der Waals surface area contributed by atoms with Crippen molar-refractivity contribution in [3.8, 4) is 0 Å². The molecule has 2 saturated carbocycles. The summed E-state index contributed by atoms with van der Waals surface area (Å²) >= 11 is 0. The fourth-order valence-corrected chi connectivity index (χ4v) is 3.04. The van der Waals surface area contributed by atoms with Crippen molar-refractivity contribution in [1.29, 1.82) is 0 Å². The van der Waals surface area contributed by atoms with Crippen LogP contribution in [0.5, 0.6) is 0 Å². The zero-order valence-electron chi connectivity index (χ0n) is 7.77. The van der Waals surface area contributed by atoms with Crippen LogP contribution in [-0.2, 0) is 0 Å². The highest BCUT2D eigenvalue weighted by molar-refractivity contribution is 4.99. The van der Waals surface area contributed by atoms with Gasteiger partial charge in [-0.25, -0.2) is 0 Å². The molecule has 0 spiro atoms. The third-order valence-electron chi connectivity index (χ3n) is 3.89. The Hall–Kier alpha value is -0.0400. The lowest BCUT2D eigenvalue weighted by molar-refractivity contribution is 0.117. The van der Waals surface area contributed by atoms with Gasteiger partial charge < -0.3 is 4.90 Å². The van der Waals surface area contributed by atoms with Gasteiger partial charge in [-0.15, -0.1) is 0 Å². The van der Waals surface area contributed by atoms with Crippen LogP contribution in [0.15, 0.2) is 0 Å². The van der Waals surface area contributed by atoms with Crippen LogP contribution in [0, 0.1) is 5.92 Å². The Balaban J connectivity index is 2.13. The maximum Gasteiger partial charge on any atom is 0.0206 e. The van der Waals surface area contributed by atoms with Crippen molar-refractivity contribution < 1.29 is 0 Å². The molecule has 64 valence electrons. The van der Waals surface area contributed by atoms with Crippen molar-refractivity contribution in [2.75, 3.05) is 14.1 Å². The molecule has 0 amide bonds. The zero-order valence-corrected chi connectivity index (χ0v) is 7.77. The Labute approximate surface area is 69.8 Å². The number of hydrogen-bond donors (Lipinski definition) is 0. The molecule has 2 atom stereocenters. The summed E-state index contributed by atoms with van der Waals surface area (Å²) in [4.78, 5) is 2.48. The van der Waals surface area contributed by atoms with Crippen LogP contribution in [-0.4, -0.2) is 24.5 Å². The van der Waals surface area contributed by atoms with E-state index in [1.54, 1.807) is 0 Å². The summed E-state index contributed by atoms with van der Waals surface area (Å²) in [5.41, 5.74) is 0.628. The molecule has 2 rings (SSSR count). The molecule has 2 bridgehead atoms. The van der Waals surface area contributed by atoms with Gasteiger partial charge in [0.1, 0.15) is 0 Å². The minimum absolute atomic E-state index is 0.628. The Bertz CT molecular complexity index is 149. The van der Waals surface area contributed by atoms with Crippen molar-refractivity contribution in [1.82, 2.24) is 4.90 Å². The maximum atomic E-state index is 2.48. The molecule has 2 aliphatic carbocycles. The van der Waals surface area contributed by atoms with Crippen LogP contribution in [0.25, 0.3) is 0 Å². The normalized spacial score (nSPS) is 43.4. The van der Waals surface area contributed by atoms with E-state index in [2.05, 4.69) is 19.0 Å². The van der Waals surface area contributed by atoms with E-state index in [4.69, 9.17) is 0 Å². The third-order valence-corrected chi connectivity index (χ3v) is 3.89. The largest absolute Gasteiger partial charge is 0.304 e. The average molecular weight is 153 g/mol. The lowest BCUT2D eigenvalue weighted by atomic mass is 9.82. The van der Waals surface area contributed by atoms with Crippen molar-refractivity contribution in [2.24, 2.45) is 5.92 Å². The highest BCUT2D eigenvalue weighted by Gasteiger charge is 2.43. The van der Waals surface area contributed by atoms with Gasteiger partial charge in [-0.05, 0) is 45.7 Å². The van der Waals surface area contributed by atoms with E-state index in [-0.39, 0.29) is 0 Å². The Morgan fingerprint density at radius 2 is 2.00 bits per heavy atom. The molecule has 0 aromatic heterocycles. The molecular formula is C10H19N. The molecule has 1 heteroatoms. The lowest BCUT2D eigenvalue weighted by Gasteiger charge is -2.39. The third kappa shape index (κ3) is 1.10. The molecule has 0 N–H and O–H groups in total. The fraction of sp³-hybridized carbons (Fsp3) is 1.00. The van der Waals surface area contributed by atoms with E-state index in [0.29, 0.717) is 5.54 Å². The van der Waals surface area contributed by atoms with E-state index in [1.807, 2.05) is 0 Å². The minimum atomic E-state index is 0.628. The smallest absolute Gasteiger partial charge is 0.0206 e. The first-order valence-corrected chi connectivity index (χ1v) is 4.90. The van der Waals surface area contributed by atoms with Crippen molar-refractivity contribution in [3.05, 3.63) is 0 Å². The van der Waals surface area contributed by atoms with Gasteiger partial charge >= 0.3 is 0 Å². The van der Waals surface area contributed by atoms with Crippen LogP contribution >= 0.6 is 0 Å². The highest BCUT2D eigenvalue weighted by Crippen LogP contribution is 2.47. The van der Waals surface area contributed by atoms with Gasteiger partial charge in [0.25, 0.3) is 0 Å². The number of nitrogens with zero attached hydrogens (tertiary/aromatic N) is 1. The minimum Gasteiger partial charge on any atom is -0.304 e. The topological polar surface area (TPSA) is 3.24 Å². The molecular weight excluding hydrogens is 134 g/mol. The second-order valence-corrected chi connectivity index (χ2v) is 4.62. The molecule has 0 aromatic carbocycles. The first-order chi connectivity index (χ1) is 5.23. The predicted molar refractivity (Wildman–Crippen MR) is 47.6 cm³/mol. The van der Waals surface area contributed by atoms with Crippen LogP contribution in [0.4, 0.5) is 0 Å². The molecule has 0 saturated heterocycles. The lowest BCUT2D eigenvalue weighted by Crippen LogP contribution is -2.43. The van der Waals surface area contributed by atoms with Gasteiger partial charge in [-0.1, -0.05) is 12.8 Å². The molecule has 0 aliphatic heterocycles. The van der Waals surface area contributed by atoms with E-state index in [1.165, 1.54) is 38.5 Å². The van der Waals surface area contributed by atoms with Gasteiger partial charge in [-0.3, -0.25) is 0 Å². The van der Waals surface area contributed by atoms with Gasteiger partial charge in [0.15, 0.2) is 0 Å². The molecule has 2 fully saturated rings. The van der Waals surface area contributed by atoms with Gasteiger partial charge in [0.2, 0.25) is 0 Å². The van der Waals surface area contributed by atoms with Crippen LogP contribution in [0.2, 0.25) is 0 Å². The quantitative estimate of drug-likeness (QED) is 0.558. The fourth-order valence-electron chi connectivity index (χ4n) is 3.04. The Morgan fingerprint density at radius 3 is 2.64 bits per heavy atom. The second-order valence-electron chi connectivity index (χ2n) is 4.62. The van der Waals surface area contributed by atoms with E-state index in [9.17, 15) is 0 Å². The van der Waals surface area contributed by atoms with Crippen molar-refractivity contribution in [3.63, 3.8) is 0 Å². The zero-order chi connectivity index (χ0) is 7.90. The summed E-state index contributed by atoms with van der Waals surface area (Å²) in [6, 6.07) is 0. The van der Waals surface area contributed by atoms with Crippen LogP contribution < -0.4 is 0 Å². The van der Waals surface area contributed by atoms with Crippen LogP contribution in [0.3, 0.4) is 0 Å².